The average Bonchev–Trinajstić information content (AvgIpc) is 3.24. The topological polar surface area (TPSA) is 114 Å². The molecular weight excluding hydrogens is 360 g/mol. The zero-order valence-electron chi connectivity index (χ0n) is 13.1. The monoisotopic (exact) mass is 374 g/mol. The van der Waals surface area contributed by atoms with Crippen LogP contribution < -0.4 is 4.90 Å². The number of rotatable bonds is 4. The van der Waals surface area contributed by atoms with Crippen LogP contribution in [0.15, 0.2) is 22.1 Å². The highest BCUT2D eigenvalue weighted by atomic mass is 32.2. The van der Waals surface area contributed by atoms with Gasteiger partial charge in [-0.1, -0.05) is 0 Å². The summed E-state index contributed by atoms with van der Waals surface area (Å²) in [7, 11) is 0. The number of ether oxygens (including phenoxy) is 1. The Morgan fingerprint density at radius 1 is 1.36 bits per heavy atom. The van der Waals surface area contributed by atoms with Crippen molar-refractivity contribution in [2.75, 3.05) is 31.2 Å². The van der Waals surface area contributed by atoms with Crippen molar-refractivity contribution in [2.24, 2.45) is 0 Å². The number of nitriles is 1. The first-order valence-corrected chi connectivity index (χ1v) is 9.90. The Morgan fingerprint density at radius 2 is 2.20 bits per heavy atom. The second kappa shape index (κ2) is 6.97. The normalized spacial score (nSPS) is 16.1. The molecule has 1 saturated heterocycles. The van der Waals surface area contributed by atoms with E-state index in [0.29, 0.717) is 48.7 Å². The Kier molecular flexibility index (Phi) is 4.54. The van der Waals surface area contributed by atoms with E-state index in [1.54, 1.807) is 11.3 Å². The van der Waals surface area contributed by atoms with E-state index in [0.717, 1.165) is 11.0 Å². The molecule has 0 aromatic carbocycles. The largest absolute Gasteiger partial charge is 0.609 e. The molecular formula is C15H14N6O2S2. The van der Waals surface area contributed by atoms with Gasteiger partial charge in [-0.15, -0.1) is 11.3 Å². The van der Waals surface area contributed by atoms with E-state index in [-0.39, 0.29) is 5.75 Å². The third-order valence-electron chi connectivity index (χ3n) is 3.83. The number of morpholine rings is 1. The first kappa shape index (κ1) is 16.3. The molecule has 8 nitrogen and oxygen atoms in total. The highest BCUT2D eigenvalue weighted by Crippen LogP contribution is 2.22. The van der Waals surface area contributed by atoms with E-state index in [4.69, 9.17) is 4.74 Å². The Morgan fingerprint density at radius 3 is 2.96 bits per heavy atom. The van der Waals surface area contributed by atoms with E-state index < -0.39 is 11.2 Å². The van der Waals surface area contributed by atoms with Crippen LogP contribution in [0.3, 0.4) is 0 Å². The number of aromatic nitrogens is 4. The molecule has 0 amide bonds. The summed E-state index contributed by atoms with van der Waals surface area (Å²) in [5.74, 6) is 1.15. The van der Waals surface area contributed by atoms with Crippen LogP contribution in [0, 0.1) is 11.3 Å². The van der Waals surface area contributed by atoms with Gasteiger partial charge in [-0.2, -0.15) is 10.2 Å². The van der Waals surface area contributed by atoms with Crippen molar-refractivity contribution < 1.29 is 9.29 Å². The summed E-state index contributed by atoms with van der Waals surface area (Å²) >= 11 is 0.162. The third kappa shape index (κ3) is 3.32. The van der Waals surface area contributed by atoms with Crippen LogP contribution in [0.25, 0.3) is 11.0 Å². The predicted molar refractivity (Wildman–Crippen MR) is 93.9 cm³/mol. The van der Waals surface area contributed by atoms with Crippen LogP contribution in [0.5, 0.6) is 0 Å². The van der Waals surface area contributed by atoms with E-state index in [1.807, 2.05) is 15.7 Å². The van der Waals surface area contributed by atoms with Crippen LogP contribution in [0.2, 0.25) is 0 Å². The second-order valence-electron chi connectivity index (χ2n) is 5.44. The van der Waals surface area contributed by atoms with Crippen LogP contribution in [-0.2, 0) is 21.7 Å². The second-order valence-corrected chi connectivity index (χ2v) is 7.55. The molecule has 128 valence electrons. The van der Waals surface area contributed by atoms with Gasteiger partial charge in [0.2, 0.25) is 0 Å². The molecule has 10 heteroatoms. The maximum atomic E-state index is 12.6. The van der Waals surface area contributed by atoms with E-state index in [1.165, 1.54) is 6.20 Å². The van der Waals surface area contributed by atoms with Gasteiger partial charge in [0.1, 0.15) is 17.1 Å². The molecule has 25 heavy (non-hydrogen) atoms. The summed E-state index contributed by atoms with van der Waals surface area (Å²) in [6.07, 6.45) is 1.49. The van der Waals surface area contributed by atoms with Gasteiger partial charge in [0.05, 0.1) is 24.9 Å². The van der Waals surface area contributed by atoms with Crippen LogP contribution in [-0.4, -0.2) is 50.8 Å². The fraction of sp³-hybridized carbons (Fsp3) is 0.333. The van der Waals surface area contributed by atoms with Crippen molar-refractivity contribution in [2.45, 2.75) is 10.9 Å². The maximum Gasteiger partial charge on any atom is 0.322 e. The third-order valence-corrected chi connectivity index (χ3v) is 5.71. The number of hydrogen-bond donors (Lipinski definition) is 1. The van der Waals surface area contributed by atoms with Crippen molar-refractivity contribution in [1.82, 2.24) is 19.9 Å². The van der Waals surface area contributed by atoms with Crippen molar-refractivity contribution in [3.8, 4) is 6.07 Å². The summed E-state index contributed by atoms with van der Waals surface area (Å²) in [4.78, 5) is 18.1. The van der Waals surface area contributed by atoms with Gasteiger partial charge in [-0.05, 0) is 0 Å². The lowest BCUT2D eigenvalue weighted by molar-refractivity contribution is 0.122. The maximum absolute atomic E-state index is 12.6. The molecule has 0 saturated carbocycles. The van der Waals surface area contributed by atoms with Gasteiger partial charge in [-0.3, -0.25) is 4.98 Å². The molecule has 1 atom stereocenters. The standard InChI is InChI=1S/C15H14N6O2S2/c16-5-10-6-17-13(20-14(10)21-1-3-23-4-2-21)9-25(22)15-18-11-7-24-8-12(11)19-15/h6-8H,1-4,9H2,(H,18,19). The van der Waals surface area contributed by atoms with E-state index >= 15 is 0 Å². The summed E-state index contributed by atoms with van der Waals surface area (Å²) < 4.78 is 17.9. The van der Waals surface area contributed by atoms with Gasteiger partial charge in [0, 0.05) is 35.0 Å². The highest BCUT2D eigenvalue weighted by molar-refractivity contribution is 7.90. The minimum atomic E-state index is -1.38. The number of nitrogens with one attached hydrogen (secondary N) is 1. The van der Waals surface area contributed by atoms with Gasteiger partial charge < -0.3 is 14.2 Å². The number of hydrogen-bond acceptors (Lipinski definition) is 8. The minimum Gasteiger partial charge on any atom is -0.609 e. The fourth-order valence-electron chi connectivity index (χ4n) is 2.59. The Balaban J connectivity index is 1.57. The summed E-state index contributed by atoms with van der Waals surface area (Å²) in [6, 6.07) is 2.12. The summed E-state index contributed by atoms with van der Waals surface area (Å²) in [5.41, 5.74) is 2.10. The molecule has 0 radical (unpaired) electrons. The molecule has 4 heterocycles. The molecule has 4 rings (SSSR count). The molecule has 1 unspecified atom stereocenters. The smallest absolute Gasteiger partial charge is 0.322 e. The average molecular weight is 374 g/mol. The molecule has 3 aromatic heterocycles. The van der Waals surface area contributed by atoms with Crippen molar-refractivity contribution in [1.29, 1.82) is 5.26 Å². The van der Waals surface area contributed by atoms with Gasteiger partial charge >= 0.3 is 5.16 Å². The number of nitrogens with zero attached hydrogens (tertiary/aromatic N) is 5. The molecule has 1 N–H and O–H groups in total. The highest BCUT2D eigenvalue weighted by Gasteiger charge is 2.22. The molecule has 1 aliphatic heterocycles. The van der Waals surface area contributed by atoms with Crippen molar-refractivity contribution in [3.05, 3.63) is 28.3 Å². The molecule has 3 aromatic rings. The number of fused-ring (bicyclic) bond motifs is 1. The van der Waals surface area contributed by atoms with Gasteiger partial charge in [0.25, 0.3) is 0 Å². The zero-order chi connectivity index (χ0) is 17.2. The van der Waals surface area contributed by atoms with Crippen LogP contribution in [0.1, 0.15) is 11.4 Å². The lowest BCUT2D eigenvalue weighted by Gasteiger charge is -2.28. The fourth-order valence-corrected chi connectivity index (χ4v) is 4.22. The molecule has 1 aliphatic rings. The van der Waals surface area contributed by atoms with Gasteiger partial charge in [0.15, 0.2) is 17.4 Å². The minimum absolute atomic E-state index is 0.141. The Bertz CT molecular complexity index is 899. The quantitative estimate of drug-likeness (QED) is 0.687. The summed E-state index contributed by atoms with van der Waals surface area (Å²) in [5, 5.41) is 13.5. The number of imidazole rings is 1. The molecule has 0 aliphatic carbocycles. The van der Waals surface area contributed by atoms with Gasteiger partial charge in [-0.25, -0.2) is 9.97 Å². The lowest BCUT2D eigenvalue weighted by Crippen LogP contribution is -2.37. The molecule has 1 fully saturated rings. The Labute approximate surface area is 150 Å². The van der Waals surface area contributed by atoms with E-state index in [2.05, 4.69) is 26.0 Å². The van der Waals surface area contributed by atoms with E-state index in [9.17, 15) is 9.81 Å². The van der Waals surface area contributed by atoms with Crippen molar-refractivity contribution in [3.63, 3.8) is 0 Å². The molecule has 0 spiro atoms. The summed E-state index contributed by atoms with van der Waals surface area (Å²) in [6.45, 7) is 2.53. The number of thiophene rings is 1. The lowest BCUT2D eigenvalue weighted by atomic mass is 10.3. The number of anilines is 1. The first-order valence-electron chi connectivity index (χ1n) is 7.63. The predicted octanol–water partition coefficient (Wildman–Crippen LogP) is 1.43. The van der Waals surface area contributed by atoms with Crippen LogP contribution in [0.4, 0.5) is 5.82 Å². The number of H-pyrrole nitrogens is 1. The van der Waals surface area contributed by atoms with Crippen molar-refractivity contribution >= 4 is 39.4 Å². The zero-order valence-corrected chi connectivity index (χ0v) is 14.8. The Hall–Kier alpha value is -2.19. The number of aromatic amines is 1. The molecule has 0 bridgehead atoms. The first-order chi connectivity index (χ1) is 12.2. The van der Waals surface area contributed by atoms with Crippen LogP contribution >= 0.6 is 11.3 Å². The SMILES string of the molecule is N#Cc1cnc(C[S+]([O-])c2nc3cscc3[nH]2)nc1N1CCOCC1.